The molecule has 0 amide bonds. The molecule has 0 aromatic heterocycles. The van der Waals surface area contributed by atoms with E-state index >= 15 is 0 Å². The van der Waals surface area contributed by atoms with Crippen molar-refractivity contribution in [1.82, 2.24) is 0 Å². The molecule has 1 nitrogen and oxygen atoms in total. The minimum atomic E-state index is -0.163. The summed E-state index contributed by atoms with van der Waals surface area (Å²) >= 11 is 6.43. The minimum absolute atomic E-state index is 0.163. The van der Waals surface area contributed by atoms with Gasteiger partial charge >= 0.3 is 0 Å². The Kier molecular flexibility index (Phi) is 5.27. The van der Waals surface area contributed by atoms with Crippen LogP contribution in [0.1, 0.15) is 61.6 Å². The largest absolute Gasteiger partial charge is 0.508 e. The van der Waals surface area contributed by atoms with Gasteiger partial charge in [-0.15, -0.1) is 11.6 Å². The molecule has 0 aliphatic heterocycles. The lowest BCUT2D eigenvalue weighted by Gasteiger charge is -2.24. The van der Waals surface area contributed by atoms with Crippen LogP contribution in [0.15, 0.2) is 48.5 Å². The Morgan fingerprint density at radius 3 is 2.26 bits per heavy atom. The molecule has 1 aliphatic carbocycles. The van der Waals surface area contributed by atoms with Gasteiger partial charge in [0.15, 0.2) is 0 Å². The van der Waals surface area contributed by atoms with Crippen LogP contribution in [0, 0.1) is 5.92 Å². The summed E-state index contributed by atoms with van der Waals surface area (Å²) in [6, 6.07) is 16.2. The van der Waals surface area contributed by atoms with Crippen LogP contribution in [0.4, 0.5) is 0 Å². The average molecular weight is 328 g/mol. The topological polar surface area (TPSA) is 20.2 Å². The standard InChI is InChI=1S/C21H24ClO/c1-15(22)21(19-9-5-6-10-20(19)23)18-13-11-17(12-14-18)16-7-3-2-4-8-16/h5-6,9-16,23H,2-4,7-8H2,1H3. The summed E-state index contributed by atoms with van der Waals surface area (Å²) in [5, 5.41) is 10.0. The zero-order chi connectivity index (χ0) is 16.2. The number of rotatable bonds is 4. The lowest BCUT2D eigenvalue weighted by Crippen LogP contribution is -2.13. The summed E-state index contributed by atoms with van der Waals surface area (Å²) in [7, 11) is 0. The lowest BCUT2D eigenvalue weighted by atomic mass is 9.82. The number of hydrogen-bond donors (Lipinski definition) is 1. The van der Waals surface area contributed by atoms with Crippen molar-refractivity contribution in [2.45, 2.75) is 50.3 Å². The van der Waals surface area contributed by atoms with Gasteiger partial charge in [-0.3, -0.25) is 0 Å². The van der Waals surface area contributed by atoms with Gasteiger partial charge in [0.05, 0.1) is 5.92 Å². The molecule has 1 fully saturated rings. The maximum Gasteiger partial charge on any atom is 0.119 e. The second-order valence-electron chi connectivity index (χ2n) is 6.50. The second-order valence-corrected chi connectivity index (χ2v) is 7.16. The van der Waals surface area contributed by atoms with E-state index in [-0.39, 0.29) is 11.1 Å². The summed E-state index contributed by atoms with van der Waals surface area (Å²) in [6.45, 7) is 1.96. The highest BCUT2D eigenvalue weighted by Crippen LogP contribution is 2.37. The predicted molar refractivity (Wildman–Crippen MR) is 97.1 cm³/mol. The Labute approximate surface area is 144 Å². The number of aromatic hydroxyl groups is 1. The van der Waals surface area contributed by atoms with Gasteiger partial charge in [0.25, 0.3) is 0 Å². The highest BCUT2D eigenvalue weighted by Gasteiger charge is 2.24. The molecule has 1 saturated carbocycles. The molecule has 0 heterocycles. The summed E-state index contributed by atoms with van der Waals surface area (Å²) in [5.41, 5.74) is 3.35. The molecule has 3 rings (SSSR count). The van der Waals surface area contributed by atoms with Gasteiger partial charge in [0.2, 0.25) is 0 Å². The van der Waals surface area contributed by atoms with Gasteiger partial charge in [0.1, 0.15) is 5.75 Å². The number of phenols is 1. The second kappa shape index (κ2) is 7.40. The minimum Gasteiger partial charge on any atom is -0.508 e. The van der Waals surface area contributed by atoms with Crippen molar-refractivity contribution in [2.75, 3.05) is 0 Å². The number of phenolic OH excluding ortho intramolecular Hbond substituents is 1. The van der Waals surface area contributed by atoms with E-state index in [9.17, 15) is 5.11 Å². The first-order valence-corrected chi connectivity index (χ1v) is 9.00. The van der Waals surface area contributed by atoms with Crippen LogP contribution in [0.25, 0.3) is 0 Å². The summed E-state index contributed by atoms with van der Waals surface area (Å²) in [4.78, 5) is 0. The van der Waals surface area contributed by atoms with Gasteiger partial charge in [-0.05, 0) is 42.9 Å². The highest BCUT2D eigenvalue weighted by atomic mass is 35.5. The Bertz CT molecular complexity index is 627. The van der Waals surface area contributed by atoms with E-state index in [2.05, 4.69) is 24.3 Å². The van der Waals surface area contributed by atoms with Gasteiger partial charge < -0.3 is 5.11 Å². The molecule has 1 radical (unpaired) electrons. The van der Waals surface area contributed by atoms with Crippen molar-refractivity contribution in [1.29, 1.82) is 0 Å². The van der Waals surface area contributed by atoms with Crippen LogP contribution >= 0.6 is 11.6 Å². The molecule has 23 heavy (non-hydrogen) atoms. The monoisotopic (exact) mass is 327 g/mol. The van der Waals surface area contributed by atoms with Gasteiger partial charge in [0, 0.05) is 10.9 Å². The van der Waals surface area contributed by atoms with Crippen LogP contribution in [0.5, 0.6) is 5.75 Å². The van der Waals surface area contributed by atoms with Gasteiger partial charge in [-0.1, -0.05) is 61.7 Å². The molecule has 1 atom stereocenters. The average Bonchev–Trinajstić information content (AvgIpc) is 2.58. The van der Waals surface area contributed by atoms with E-state index < -0.39 is 0 Å². The van der Waals surface area contributed by atoms with E-state index in [4.69, 9.17) is 11.6 Å². The number of alkyl halides is 1. The SMILES string of the molecule is CC(Cl)[C](c1ccc(C2CCCCC2)cc1)c1ccccc1O. The Balaban J connectivity index is 1.87. The zero-order valence-corrected chi connectivity index (χ0v) is 14.4. The van der Waals surface area contributed by atoms with E-state index in [1.54, 1.807) is 6.07 Å². The molecule has 2 aromatic carbocycles. The van der Waals surface area contributed by atoms with Crippen LogP contribution < -0.4 is 0 Å². The number of para-hydroxylation sites is 1. The van der Waals surface area contributed by atoms with Crippen LogP contribution in [0.2, 0.25) is 0 Å². The van der Waals surface area contributed by atoms with Crippen molar-refractivity contribution in [3.8, 4) is 5.75 Å². The summed E-state index contributed by atoms with van der Waals surface area (Å²) in [6.07, 6.45) is 6.69. The van der Waals surface area contributed by atoms with E-state index in [0.29, 0.717) is 5.92 Å². The highest BCUT2D eigenvalue weighted by molar-refractivity contribution is 6.22. The van der Waals surface area contributed by atoms with E-state index in [0.717, 1.165) is 17.0 Å². The van der Waals surface area contributed by atoms with Crippen LogP contribution in [-0.4, -0.2) is 10.5 Å². The molecule has 0 saturated heterocycles. The molecular formula is C21H24ClO. The predicted octanol–water partition coefficient (Wildman–Crippen LogP) is 6.04. The van der Waals surface area contributed by atoms with Crippen molar-refractivity contribution in [2.24, 2.45) is 0 Å². The normalized spacial score (nSPS) is 17.3. The van der Waals surface area contributed by atoms with Gasteiger partial charge in [-0.25, -0.2) is 0 Å². The van der Waals surface area contributed by atoms with Crippen LogP contribution in [-0.2, 0) is 0 Å². The Hall–Kier alpha value is -1.47. The third-order valence-corrected chi connectivity index (χ3v) is 5.11. The first kappa shape index (κ1) is 16.4. The molecule has 0 spiro atoms. The van der Waals surface area contributed by atoms with E-state index in [1.807, 2.05) is 25.1 Å². The van der Waals surface area contributed by atoms with Gasteiger partial charge in [-0.2, -0.15) is 0 Å². The van der Waals surface area contributed by atoms with Crippen molar-refractivity contribution < 1.29 is 5.11 Å². The maximum absolute atomic E-state index is 10.2. The summed E-state index contributed by atoms with van der Waals surface area (Å²) < 4.78 is 0. The third kappa shape index (κ3) is 3.72. The Morgan fingerprint density at radius 2 is 1.65 bits per heavy atom. The molecule has 0 bridgehead atoms. The van der Waals surface area contributed by atoms with Crippen molar-refractivity contribution in [3.05, 3.63) is 71.1 Å². The lowest BCUT2D eigenvalue weighted by molar-refractivity contribution is 0.443. The summed E-state index contributed by atoms with van der Waals surface area (Å²) in [5.74, 6) is 1.98. The molecular weight excluding hydrogens is 304 g/mol. The quantitative estimate of drug-likeness (QED) is 0.679. The molecule has 1 unspecified atom stereocenters. The number of hydrogen-bond acceptors (Lipinski definition) is 1. The smallest absolute Gasteiger partial charge is 0.119 e. The van der Waals surface area contributed by atoms with E-state index in [1.165, 1.54) is 37.7 Å². The van der Waals surface area contributed by atoms with Crippen molar-refractivity contribution in [3.63, 3.8) is 0 Å². The molecule has 121 valence electrons. The fraction of sp³-hybridized carbons (Fsp3) is 0.381. The molecule has 2 heteroatoms. The molecule has 2 aromatic rings. The number of halogens is 1. The third-order valence-electron chi connectivity index (χ3n) is 4.89. The first-order chi connectivity index (χ1) is 11.2. The van der Waals surface area contributed by atoms with Crippen molar-refractivity contribution >= 4 is 11.6 Å². The maximum atomic E-state index is 10.2. The molecule has 1 aliphatic rings. The van der Waals surface area contributed by atoms with Crippen LogP contribution in [0.3, 0.4) is 0 Å². The fourth-order valence-corrected chi connectivity index (χ4v) is 3.92. The number of benzene rings is 2. The Morgan fingerprint density at radius 1 is 1.00 bits per heavy atom. The first-order valence-electron chi connectivity index (χ1n) is 8.56. The fourth-order valence-electron chi connectivity index (χ4n) is 3.67. The zero-order valence-electron chi connectivity index (χ0n) is 13.6. The molecule has 1 N–H and O–H groups in total.